The predicted molar refractivity (Wildman–Crippen MR) is 137 cm³/mol. The molecule has 0 aliphatic heterocycles. The lowest BCUT2D eigenvalue weighted by Crippen LogP contribution is -2.21. The Balaban J connectivity index is 1.26. The van der Waals surface area contributed by atoms with Gasteiger partial charge in [0.15, 0.2) is 11.6 Å². The van der Waals surface area contributed by atoms with E-state index in [0.29, 0.717) is 11.3 Å². The van der Waals surface area contributed by atoms with Gasteiger partial charge in [-0.1, -0.05) is 12.1 Å². The summed E-state index contributed by atoms with van der Waals surface area (Å²) in [6.45, 7) is 0. The van der Waals surface area contributed by atoms with Gasteiger partial charge in [0.05, 0.1) is 20.8 Å². The Morgan fingerprint density at radius 1 is 0.946 bits per heavy atom. The number of thiophene rings is 1. The summed E-state index contributed by atoms with van der Waals surface area (Å²) in [5.41, 5.74) is 0.802. The van der Waals surface area contributed by atoms with Crippen LogP contribution in [0.4, 0.5) is 20.2 Å². The minimum atomic E-state index is -0.709. The molecule has 8 nitrogen and oxygen atoms in total. The zero-order valence-electron chi connectivity index (χ0n) is 19.4. The van der Waals surface area contributed by atoms with Crippen LogP contribution in [0.2, 0.25) is 0 Å². The first kappa shape index (κ1) is 24.1. The molecule has 0 radical (unpaired) electrons. The third-order valence-electron chi connectivity index (χ3n) is 5.32. The highest BCUT2D eigenvalue weighted by Crippen LogP contribution is 2.39. The van der Waals surface area contributed by atoms with Gasteiger partial charge in [-0.15, -0.1) is 11.3 Å². The molecule has 0 saturated carbocycles. The Labute approximate surface area is 213 Å². The lowest BCUT2D eigenvalue weighted by atomic mass is 10.2. The number of para-hydroxylation sites is 1. The molecular formula is C26H19F2N5O3S. The van der Waals surface area contributed by atoms with E-state index in [2.05, 4.69) is 20.6 Å². The third kappa shape index (κ3) is 5.31. The number of amides is 2. The molecule has 2 amide bonds. The number of carbonyl (C=O) groups excluding carboxylic acids is 2. The number of hydrogen-bond acceptors (Lipinski definition) is 6. The number of ether oxygens (including phenoxy) is 1. The van der Waals surface area contributed by atoms with E-state index in [1.54, 1.807) is 24.5 Å². The smallest absolute Gasteiger partial charge is 0.233 e. The Morgan fingerprint density at radius 2 is 1.76 bits per heavy atom. The molecule has 0 spiro atoms. The molecule has 0 atom stereocenters. The first-order chi connectivity index (χ1) is 17.9. The molecule has 3 aromatic heterocycles. The number of nitrogens with zero attached hydrogens (tertiary/aromatic N) is 3. The largest absolute Gasteiger partial charge is 0.453 e. The topological polar surface area (TPSA) is 98.1 Å². The number of benzene rings is 2. The second-order valence-corrected chi connectivity index (χ2v) is 9.05. The van der Waals surface area contributed by atoms with Gasteiger partial charge in [-0.2, -0.15) is 0 Å². The molecule has 2 aromatic carbocycles. The second-order valence-electron chi connectivity index (χ2n) is 8.00. The maximum atomic E-state index is 14.8. The van der Waals surface area contributed by atoms with Crippen molar-refractivity contribution >= 4 is 44.7 Å². The molecule has 0 unspecified atom stereocenters. The minimum absolute atomic E-state index is 0.0316. The Kier molecular flexibility index (Phi) is 6.60. The molecule has 0 bridgehead atoms. The van der Waals surface area contributed by atoms with Crippen molar-refractivity contribution in [2.45, 2.75) is 6.42 Å². The van der Waals surface area contributed by atoms with Gasteiger partial charge in [-0.3, -0.25) is 14.6 Å². The summed E-state index contributed by atoms with van der Waals surface area (Å²) in [4.78, 5) is 33.9. The summed E-state index contributed by atoms with van der Waals surface area (Å²) in [6.07, 6.45) is 4.55. The van der Waals surface area contributed by atoms with E-state index in [1.165, 1.54) is 41.7 Å². The summed E-state index contributed by atoms with van der Waals surface area (Å²) in [5.74, 6) is -1.55. The highest BCUT2D eigenvalue weighted by Gasteiger charge is 2.16. The van der Waals surface area contributed by atoms with Crippen LogP contribution in [0.1, 0.15) is 6.42 Å². The molecule has 3 heterocycles. The number of aryl methyl sites for hydroxylation is 1. The quantitative estimate of drug-likeness (QED) is 0.268. The number of aromatic nitrogens is 3. The van der Waals surface area contributed by atoms with Crippen LogP contribution in [0, 0.1) is 11.6 Å². The summed E-state index contributed by atoms with van der Waals surface area (Å²) < 4.78 is 37.0. The van der Waals surface area contributed by atoms with Gasteiger partial charge in [0.25, 0.3) is 0 Å². The van der Waals surface area contributed by atoms with Crippen LogP contribution in [-0.4, -0.2) is 26.3 Å². The first-order valence-electron chi connectivity index (χ1n) is 11.1. The van der Waals surface area contributed by atoms with Crippen molar-refractivity contribution < 1.29 is 23.1 Å². The van der Waals surface area contributed by atoms with Crippen molar-refractivity contribution in [2.75, 3.05) is 10.6 Å². The maximum Gasteiger partial charge on any atom is 0.233 e. The van der Waals surface area contributed by atoms with E-state index in [9.17, 15) is 18.4 Å². The Hall–Kier alpha value is -4.64. The highest BCUT2D eigenvalue weighted by molar-refractivity contribution is 7.22. The fourth-order valence-electron chi connectivity index (χ4n) is 3.60. The number of pyridine rings is 1. The average Bonchev–Trinajstić information content (AvgIpc) is 3.48. The molecule has 0 aliphatic rings. The maximum absolute atomic E-state index is 14.8. The monoisotopic (exact) mass is 519 g/mol. The Morgan fingerprint density at radius 3 is 2.51 bits per heavy atom. The number of nitrogens with one attached hydrogen (secondary N) is 2. The number of anilines is 2. The molecular weight excluding hydrogens is 500 g/mol. The molecule has 5 rings (SSSR count). The SMILES string of the molecule is Cn1ccnc1-c1cc2nccc(Oc3ccc(NC(=O)CC(=O)Nc4ccccc4F)cc3F)c2s1. The van der Waals surface area contributed by atoms with Gasteiger partial charge in [-0.05, 0) is 30.3 Å². The molecule has 5 aromatic rings. The van der Waals surface area contributed by atoms with Gasteiger partial charge in [0, 0.05) is 43.5 Å². The zero-order valence-corrected chi connectivity index (χ0v) is 20.2. The number of carbonyl (C=O) groups is 2. The molecule has 0 saturated heterocycles. The first-order valence-corrected chi connectivity index (χ1v) is 11.9. The lowest BCUT2D eigenvalue weighted by molar-refractivity contribution is -0.123. The van der Waals surface area contributed by atoms with E-state index < -0.39 is 29.9 Å². The van der Waals surface area contributed by atoms with Crippen molar-refractivity contribution in [3.05, 3.63) is 84.8 Å². The van der Waals surface area contributed by atoms with Crippen LogP contribution in [0.3, 0.4) is 0 Å². The molecule has 186 valence electrons. The third-order valence-corrected chi connectivity index (χ3v) is 6.46. The van der Waals surface area contributed by atoms with Crippen LogP contribution in [-0.2, 0) is 16.6 Å². The fraction of sp³-hybridized carbons (Fsp3) is 0.0769. The van der Waals surface area contributed by atoms with E-state index in [4.69, 9.17) is 4.74 Å². The number of imidazole rings is 1. The predicted octanol–water partition coefficient (Wildman–Crippen LogP) is 5.73. The standard InChI is InChI=1S/C26H19F2N5O3S/c1-33-11-10-30-26(33)22-13-19-25(37-22)21(8-9-29-19)36-20-7-6-15(12-17(20)28)31-23(34)14-24(35)32-18-5-3-2-4-16(18)27/h2-13H,14H2,1H3,(H,31,34)(H,32,35). The van der Waals surface area contributed by atoms with Crippen LogP contribution in [0.15, 0.2) is 73.2 Å². The van der Waals surface area contributed by atoms with Gasteiger partial charge in [0.1, 0.15) is 23.8 Å². The van der Waals surface area contributed by atoms with Crippen LogP contribution < -0.4 is 15.4 Å². The molecule has 0 aliphatic carbocycles. The minimum Gasteiger partial charge on any atom is -0.453 e. The highest BCUT2D eigenvalue weighted by atomic mass is 32.1. The van der Waals surface area contributed by atoms with Gasteiger partial charge in [-0.25, -0.2) is 13.8 Å². The Bertz CT molecular complexity index is 1630. The summed E-state index contributed by atoms with van der Waals surface area (Å²) in [7, 11) is 1.89. The van der Waals surface area contributed by atoms with Crippen LogP contribution in [0.5, 0.6) is 11.5 Å². The molecule has 37 heavy (non-hydrogen) atoms. The van der Waals surface area contributed by atoms with Gasteiger partial charge >= 0.3 is 0 Å². The molecule has 11 heteroatoms. The average molecular weight is 520 g/mol. The number of fused-ring (bicyclic) bond motifs is 1. The van der Waals surface area contributed by atoms with Crippen molar-refractivity contribution in [1.29, 1.82) is 0 Å². The second kappa shape index (κ2) is 10.2. The van der Waals surface area contributed by atoms with Crippen LogP contribution in [0.25, 0.3) is 20.9 Å². The summed E-state index contributed by atoms with van der Waals surface area (Å²) >= 11 is 1.43. The van der Waals surface area contributed by atoms with E-state index in [0.717, 1.165) is 21.5 Å². The van der Waals surface area contributed by atoms with Crippen molar-refractivity contribution in [1.82, 2.24) is 14.5 Å². The molecule has 0 fully saturated rings. The van der Waals surface area contributed by atoms with Gasteiger partial charge in [0.2, 0.25) is 11.8 Å². The van der Waals surface area contributed by atoms with E-state index >= 15 is 0 Å². The summed E-state index contributed by atoms with van der Waals surface area (Å²) in [6, 6.07) is 13.1. The molecule has 2 N–H and O–H groups in total. The van der Waals surface area contributed by atoms with Gasteiger partial charge < -0.3 is 19.9 Å². The van der Waals surface area contributed by atoms with Crippen molar-refractivity contribution in [2.24, 2.45) is 7.05 Å². The van der Waals surface area contributed by atoms with Crippen molar-refractivity contribution in [3.8, 4) is 22.2 Å². The zero-order chi connectivity index (χ0) is 25.9. The summed E-state index contributed by atoms with van der Waals surface area (Å²) in [5, 5.41) is 4.78. The van der Waals surface area contributed by atoms with Crippen LogP contribution >= 0.6 is 11.3 Å². The number of rotatable bonds is 7. The van der Waals surface area contributed by atoms with E-state index in [1.807, 2.05) is 23.9 Å². The lowest BCUT2D eigenvalue weighted by Gasteiger charge is -2.10. The fourth-order valence-corrected chi connectivity index (χ4v) is 4.70. The normalized spacial score (nSPS) is 10.9. The van der Waals surface area contributed by atoms with E-state index in [-0.39, 0.29) is 17.1 Å². The number of hydrogen-bond donors (Lipinski definition) is 2. The van der Waals surface area contributed by atoms with Crippen molar-refractivity contribution in [3.63, 3.8) is 0 Å². The number of halogens is 2.